The quantitative estimate of drug-likeness (QED) is 0.288. The fraction of sp³-hybridized carbons (Fsp3) is 0.115. The molecule has 0 aliphatic rings. The van der Waals surface area contributed by atoms with Gasteiger partial charge in [-0.3, -0.25) is 19.0 Å². The summed E-state index contributed by atoms with van der Waals surface area (Å²) >= 11 is 6.27. The van der Waals surface area contributed by atoms with Gasteiger partial charge in [-0.2, -0.15) is 0 Å². The molecule has 0 saturated carbocycles. The number of fused-ring (bicyclic) bond motifs is 1. The summed E-state index contributed by atoms with van der Waals surface area (Å²) < 4.78 is 1.52. The molecular weight excluding hydrogens is 410 g/mol. The van der Waals surface area contributed by atoms with Gasteiger partial charge in [-0.25, -0.2) is 0 Å². The number of aromatic nitrogens is 1. The van der Waals surface area contributed by atoms with E-state index in [1.807, 2.05) is 36.4 Å². The fourth-order valence-electron chi connectivity index (χ4n) is 3.87. The molecule has 0 aliphatic carbocycles. The van der Waals surface area contributed by atoms with E-state index in [4.69, 9.17) is 11.6 Å². The minimum absolute atomic E-state index is 0.135. The molecule has 1 heterocycles. The van der Waals surface area contributed by atoms with E-state index in [0.717, 1.165) is 17.4 Å². The van der Waals surface area contributed by atoms with Gasteiger partial charge in [0.15, 0.2) is 5.78 Å². The fourth-order valence-corrected chi connectivity index (χ4v) is 4.04. The highest BCUT2D eigenvalue weighted by molar-refractivity contribution is 6.31. The highest BCUT2D eigenvalue weighted by Gasteiger charge is 2.22. The Bertz CT molecular complexity index is 1360. The summed E-state index contributed by atoms with van der Waals surface area (Å²) in [6, 6.07) is 21.7. The number of benzene rings is 3. The maximum absolute atomic E-state index is 13.5. The molecule has 4 nitrogen and oxygen atoms in total. The van der Waals surface area contributed by atoms with Crippen LogP contribution in [0.1, 0.15) is 39.8 Å². The van der Waals surface area contributed by atoms with Gasteiger partial charge in [0.1, 0.15) is 6.29 Å². The lowest BCUT2D eigenvalue weighted by Crippen LogP contribution is -2.28. The number of pyridine rings is 1. The van der Waals surface area contributed by atoms with E-state index < -0.39 is 0 Å². The van der Waals surface area contributed by atoms with E-state index >= 15 is 0 Å². The van der Waals surface area contributed by atoms with Crippen molar-refractivity contribution in [3.63, 3.8) is 0 Å². The highest BCUT2D eigenvalue weighted by atomic mass is 35.5. The lowest BCUT2D eigenvalue weighted by molar-refractivity contribution is 0.0979. The van der Waals surface area contributed by atoms with Crippen LogP contribution in [0.5, 0.6) is 0 Å². The van der Waals surface area contributed by atoms with Crippen molar-refractivity contribution < 1.29 is 9.59 Å². The van der Waals surface area contributed by atoms with Crippen molar-refractivity contribution in [1.82, 2.24) is 4.57 Å². The average Bonchev–Trinajstić information content (AvgIpc) is 2.80. The summed E-state index contributed by atoms with van der Waals surface area (Å²) in [4.78, 5) is 37.9. The Morgan fingerprint density at radius 2 is 1.74 bits per heavy atom. The molecule has 0 amide bonds. The van der Waals surface area contributed by atoms with Gasteiger partial charge < -0.3 is 0 Å². The molecule has 0 atom stereocenters. The van der Waals surface area contributed by atoms with E-state index in [1.165, 1.54) is 4.57 Å². The number of hydrogen-bond acceptors (Lipinski definition) is 3. The second-order valence-corrected chi connectivity index (χ2v) is 7.75. The number of nitrogens with zero attached hydrogens (tertiary/aromatic N) is 1. The van der Waals surface area contributed by atoms with Crippen molar-refractivity contribution in [2.24, 2.45) is 0 Å². The Kier molecular flexibility index (Phi) is 5.83. The molecule has 1 aromatic heterocycles. The zero-order chi connectivity index (χ0) is 22.0. The van der Waals surface area contributed by atoms with Crippen LogP contribution in [0.15, 0.2) is 77.6 Å². The highest BCUT2D eigenvalue weighted by Crippen LogP contribution is 2.33. The molecule has 0 saturated heterocycles. The predicted octanol–water partition coefficient (Wildman–Crippen LogP) is 5.78. The first kappa shape index (κ1) is 20.8. The molecule has 0 aliphatic heterocycles. The van der Waals surface area contributed by atoms with Crippen LogP contribution in [-0.2, 0) is 6.54 Å². The number of hydrogen-bond donors (Lipinski definition) is 0. The first-order chi connectivity index (χ1) is 15.0. The van der Waals surface area contributed by atoms with Crippen molar-refractivity contribution in [3.8, 4) is 11.1 Å². The van der Waals surface area contributed by atoms with Crippen molar-refractivity contribution in [1.29, 1.82) is 0 Å². The van der Waals surface area contributed by atoms with Crippen molar-refractivity contribution in [2.45, 2.75) is 19.9 Å². The van der Waals surface area contributed by atoms with Gasteiger partial charge in [0.2, 0.25) is 0 Å². The van der Waals surface area contributed by atoms with Gasteiger partial charge in [0.05, 0.1) is 12.2 Å². The summed E-state index contributed by atoms with van der Waals surface area (Å²) in [5, 5.41) is 1.64. The molecule has 4 rings (SSSR count). The van der Waals surface area contributed by atoms with Crippen LogP contribution in [0.3, 0.4) is 0 Å². The third kappa shape index (κ3) is 3.94. The molecule has 3 aromatic carbocycles. The molecular formula is C26H20ClNO3. The number of carbonyl (C=O) groups excluding carboxylic acids is 2. The van der Waals surface area contributed by atoms with Crippen LogP contribution in [0.25, 0.3) is 21.9 Å². The number of ketones is 1. The third-order valence-electron chi connectivity index (χ3n) is 5.31. The van der Waals surface area contributed by atoms with Gasteiger partial charge in [-0.05, 0) is 40.8 Å². The maximum atomic E-state index is 13.5. The topological polar surface area (TPSA) is 56.1 Å². The number of carbonyl (C=O) groups is 2. The standard InChI is InChI=1S/C26H20ClNO3/c1-2-23(30)25-24(19-9-4-3-5-10-19)22-14-20(27)11-12-21(22)26(31)28(25)15-17-7-6-8-18(13-17)16-29/h3-14,16H,2,15H2,1H3. The molecule has 0 N–H and O–H groups in total. The van der Waals surface area contributed by atoms with E-state index in [0.29, 0.717) is 32.6 Å². The van der Waals surface area contributed by atoms with Crippen molar-refractivity contribution in [2.75, 3.05) is 0 Å². The second kappa shape index (κ2) is 8.70. The molecule has 0 fully saturated rings. The number of halogens is 1. The summed E-state index contributed by atoms with van der Waals surface area (Å²) in [7, 11) is 0. The van der Waals surface area contributed by atoms with E-state index in [9.17, 15) is 14.4 Å². The van der Waals surface area contributed by atoms with E-state index in [-0.39, 0.29) is 24.3 Å². The van der Waals surface area contributed by atoms with E-state index in [1.54, 1.807) is 43.3 Å². The summed E-state index contributed by atoms with van der Waals surface area (Å²) in [6.45, 7) is 1.96. The lowest BCUT2D eigenvalue weighted by atomic mass is 9.94. The van der Waals surface area contributed by atoms with Crippen LogP contribution in [0.4, 0.5) is 0 Å². The summed E-state index contributed by atoms with van der Waals surface area (Å²) in [5.41, 5.74) is 2.90. The monoisotopic (exact) mass is 429 g/mol. The van der Waals surface area contributed by atoms with Crippen LogP contribution in [0.2, 0.25) is 5.02 Å². The van der Waals surface area contributed by atoms with Crippen LogP contribution in [0, 0.1) is 0 Å². The molecule has 0 radical (unpaired) electrons. The van der Waals surface area contributed by atoms with Gasteiger partial charge >= 0.3 is 0 Å². The van der Waals surface area contributed by atoms with Gasteiger partial charge in [-0.15, -0.1) is 0 Å². The molecule has 0 spiro atoms. The maximum Gasteiger partial charge on any atom is 0.259 e. The van der Waals surface area contributed by atoms with Gasteiger partial charge in [0, 0.05) is 28.0 Å². The minimum Gasteiger partial charge on any atom is -0.300 e. The molecule has 5 heteroatoms. The first-order valence-electron chi connectivity index (χ1n) is 10.0. The molecule has 0 bridgehead atoms. The van der Waals surface area contributed by atoms with E-state index in [2.05, 4.69) is 0 Å². The Balaban J connectivity index is 2.11. The third-order valence-corrected chi connectivity index (χ3v) is 5.54. The Hall–Kier alpha value is -3.50. The zero-order valence-electron chi connectivity index (χ0n) is 17.0. The lowest BCUT2D eigenvalue weighted by Gasteiger charge is -2.19. The number of aldehydes is 1. The zero-order valence-corrected chi connectivity index (χ0v) is 17.7. The number of Topliss-reactive ketones (excluding diaryl/α,β-unsaturated/α-hetero) is 1. The number of rotatable bonds is 6. The predicted molar refractivity (Wildman–Crippen MR) is 124 cm³/mol. The molecule has 4 aromatic rings. The van der Waals surface area contributed by atoms with Crippen LogP contribution in [-0.4, -0.2) is 16.6 Å². The van der Waals surface area contributed by atoms with Crippen LogP contribution >= 0.6 is 11.6 Å². The van der Waals surface area contributed by atoms with Gasteiger partial charge in [0.25, 0.3) is 5.56 Å². The van der Waals surface area contributed by atoms with Crippen molar-refractivity contribution >= 4 is 34.4 Å². The molecule has 31 heavy (non-hydrogen) atoms. The summed E-state index contributed by atoms with van der Waals surface area (Å²) in [5.74, 6) is -0.135. The van der Waals surface area contributed by atoms with Crippen LogP contribution < -0.4 is 5.56 Å². The minimum atomic E-state index is -0.264. The molecule has 154 valence electrons. The second-order valence-electron chi connectivity index (χ2n) is 7.31. The molecule has 0 unspecified atom stereocenters. The average molecular weight is 430 g/mol. The Morgan fingerprint density at radius 3 is 2.45 bits per heavy atom. The summed E-state index contributed by atoms with van der Waals surface area (Å²) in [6.07, 6.45) is 1.02. The SMILES string of the molecule is CCC(=O)c1c(-c2ccccc2)c2cc(Cl)ccc2c(=O)n1Cc1cccc(C=O)c1. The Morgan fingerprint density at radius 1 is 0.968 bits per heavy atom. The first-order valence-corrected chi connectivity index (χ1v) is 10.4. The largest absolute Gasteiger partial charge is 0.300 e. The van der Waals surface area contributed by atoms with Gasteiger partial charge in [-0.1, -0.05) is 67.1 Å². The normalized spacial score (nSPS) is 10.9. The van der Waals surface area contributed by atoms with Crippen molar-refractivity contribution in [3.05, 3.63) is 105 Å². The smallest absolute Gasteiger partial charge is 0.259 e. The Labute approximate surface area is 184 Å².